The van der Waals surface area contributed by atoms with Gasteiger partial charge in [-0.1, -0.05) is 34.9 Å². The number of esters is 1. The fourth-order valence-electron chi connectivity index (χ4n) is 2.16. The molecule has 1 amide bonds. The van der Waals surface area contributed by atoms with E-state index in [0.29, 0.717) is 5.56 Å². The Morgan fingerprint density at radius 3 is 2.64 bits per heavy atom. The zero-order valence-corrected chi connectivity index (χ0v) is 14.8. The third-order valence-corrected chi connectivity index (χ3v) is 3.64. The number of carbonyl (C=O) groups is 2. The van der Waals surface area contributed by atoms with Crippen LogP contribution in [0.2, 0.25) is 5.02 Å². The van der Waals surface area contributed by atoms with E-state index in [-0.39, 0.29) is 22.5 Å². The van der Waals surface area contributed by atoms with Crippen molar-refractivity contribution in [3.8, 4) is 11.5 Å². The lowest BCUT2D eigenvalue weighted by Crippen LogP contribution is -2.21. The molecule has 0 aliphatic heterocycles. The number of hydrogen-bond acceptors (Lipinski definition) is 8. The number of nitro groups is 1. The lowest BCUT2D eigenvalue weighted by Gasteiger charge is -2.05. The first-order chi connectivity index (χ1) is 13.4. The Labute approximate surface area is 162 Å². The molecule has 3 aromatic rings. The highest BCUT2D eigenvalue weighted by atomic mass is 35.5. The maximum atomic E-state index is 12.0. The number of nitro benzene ring substituents is 1. The summed E-state index contributed by atoms with van der Waals surface area (Å²) in [6.07, 6.45) is 0. The molecule has 0 unspecified atom stereocenters. The van der Waals surface area contributed by atoms with E-state index in [9.17, 15) is 19.7 Å². The van der Waals surface area contributed by atoms with Crippen molar-refractivity contribution in [1.29, 1.82) is 0 Å². The molecule has 142 valence electrons. The molecule has 0 aliphatic rings. The smallest absolute Gasteiger partial charge is 0.345 e. The van der Waals surface area contributed by atoms with E-state index in [2.05, 4.69) is 15.5 Å². The minimum absolute atomic E-state index is 0.0895. The fourth-order valence-corrected chi connectivity index (χ4v) is 2.33. The molecule has 0 aliphatic carbocycles. The SMILES string of the molecule is O=C(COC(=O)c1ccc(Cl)cc1[N+](=O)[O-])Nc1nnc(-c2ccccc2)o1. The molecule has 1 heterocycles. The number of benzene rings is 2. The Hall–Kier alpha value is -3.79. The number of ether oxygens (including phenoxy) is 1. The van der Waals surface area contributed by atoms with Crippen LogP contribution >= 0.6 is 11.6 Å². The summed E-state index contributed by atoms with van der Waals surface area (Å²) in [5.74, 6) is -1.60. The quantitative estimate of drug-likeness (QED) is 0.377. The number of anilines is 1. The van der Waals surface area contributed by atoms with Crippen molar-refractivity contribution in [3.63, 3.8) is 0 Å². The summed E-state index contributed by atoms with van der Waals surface area (Å²) in [5.41, 5.74) is -0.189. The highest BCUT2D eigenvalue weighted by Crippen LogP contribution is 2.24. The van der Waals surface area contributed by atoms with Crippen LogP contribution in [0.15, 0.2) is 52.9 Å². The van der Waals surface area contributed by atoms with Gasteiger partial charge in [-0.25, -0.2) is 4.79 Å². The third-order valence-electron chi connectivity index (χ3n) is 3.40. The number of rotatable bonds is 6. The van der Waals surface area contributed by atoms with Gasteiger partial charge >= 0.3 is 12.0 Å². The Balaban J connectivity index is 1.60. The largest absolute Gasteiger partial charge is 0.452 e. The summed E-state index contributed by atoms with van der Waals surface area (Å²) in [4.78, 5) is 34.2. The molecule has 28 heavy (non-hydrogen) atoms. The van der Waals surface area contributed by atoms with Crippen molar-refractivity contribution in [2.75, 3.05) is 11.9 Å². The van der Waals surface area contributed by atoms with Crippen molar-refractivity contribution < 1.29 is 23.7 Å². The van der Waals surface area contributed by atoms with Gasteiger partial charge < -0.3 is 9.15 Å². The van der Waals surface area contributed by atoms with Crippen LogP contribution in [0.1, 0.15) is 10.4 Å². The number of nitrogens with one attached hydrogen (secondary N) is 1. The monoisotopic (exact) mass is 402 g/mol. The normalized spacial score (nSPS) is 10.3. The fraction of sp³-hybridized carbons (Fsp3) is 0.0588. The predicted molar refractivity (Wildman–Crippen MR) is 96.8 cm³/mol. The molecular formula is C17H11ClN4O6. The van der Waals surface area contributed by atoms with E-state index in [0.717, 1.165) is 12.1 Å². The van der Waals surface area contributed by atoms with Gasteiger partial charge in [0.2, 0.25) is 5.89 Å². The van der Waals surface area contributed by atoms with Crippen molar-refractivity contribution >= 4 is 35.2 Å². The molecule has 1 aromatic heterocycles. The second-order valence-corrected chi connectivity index (χ2v) is 5.76. The molecule has 0 saturated carbocycles. The minimum atomic E-state index is -1.05. The molecule has 1 N–H and O–H groups in total. The highest BCUT2D eigenvalue weighted by molar-refractivity contribution is 6.31. The Kier molecular flexibility index (Phi) is 5.61. The molecule has 10 nitrogen and oxygen atoms in total. The van der Waals surface area contributed by atoms with Gasteiger partial charge in [0.25, 0.3) is 11.6 Å². The van der Waals surface area contributed by atoms with E-state index in [1.807, 2.05) is 6.07 Å². The van der Waals surface area contributed by atoms with Gasteiger partial charge in [-0.2, -0.15) is 0 Å². The van der Waals surface area contributed by atoms with Crippen molar-refractivity contribution in [2.45, 2.75) is 0 Å². The van der Waals surface area contributed by atoms with Crippen LogP contribution in [0.25, 0.3) is 11.5 Å². The first-order valence-corrected chi connectivity index (χ1v) is 8.11. The van der Waals surface area contributed by atoms with Crippen molar-refractivity contribution in [3.05, 3.63) is 69.2 Å². The van der Waals surface area contributed by atoms with Gasteiger partial charge in [-0.05, 0) is 24.3 Å². The number of nitrogens with zero attached hydrogens (tertiary/aromatic N) is 3. The second-order valence-electron chi connectivity index (χ2n) is 5.32. The first-order valence-electron chi connectivity index (χ1n) is 7.74. The van der Waals surface area contributed by atoms with Gasteiger partial charge in [-0.15, -0.1) is 5.10 Å². The molecule has 0 fully saturated rings. The summed E-state index contributed by atoms with van der Waals surface area (Å²) < 4.78 is 10.1. The molecule has 0 atom stereocenters. The lowest BCUT2D eigenvalue weighted by atomic mass is 10.2. The van der Waals surface area contributed by atoms with Crippen molar-refractivity contribution in [1.82, 2.24) is 10.2 Å². The zero-order chi connectivity index (χ0) is 20.1. The van der Waals surface area contributed by atoms with Crippen LogP contribution in [0.5, 0.6) is 0 Å². The van der Waals surface area contributed by atoms with Crippen molar-refractivity contribution in [2.24, 2.45) is 0 Å². The molecule has 0 bridgehead atoms. The topological polar surface area (TPSA) is 137 Å². The number of amides is 1. The van der Waals surface area contributed by atoms with Crippen LogP contribution < -0.4 is 5.32 Å². The third kappa shape index (κ3) is 4.48. The van der Waals surface area contributed by atoms with Gasteiger partial charge in [0.15, 0.2) is 6.61 Å². The molecule has 3 rings (SSSR count). The standard InChI is InChI=1S/C17H11ClN4O6/c18-11-6-7-12(13(8-11)22(25)26)16(24)27-9-14(23)19-17-21-20-15(28-17)10-4-2-1-3-5-10/h1-8H,9H2,(H,19,21,23). The molecule has 2 aromatic carbocycles. The number of halogens is 1. The maximum absolute atomic E-state index is 12.0. The lowest BCUT2D eigenvalue weighted by molar-refractivity contribution is -0.385. The number of hydrogen-bond donors (Lipinski definition) is 1. The molecule has 0 spiro atoms. The summed E-state index contributed by atoms with van der Waals surface area (Å²) in [6, 6.07) is 12.2. The van der Waals surface area contributed by atoms with Gasteiger partial charge in [0.1, 0.15) is 5.56 Å². The molecule has 11 heteroatoms. The maximum Gasteiger partial charge on any atom is 0.345 e. The summed E-state index contributed by atoms with van der Waals surface area (Å²) in [7, 11) is 0. The van der Waals surface area contributed by atoms with E-state index < -0.39 is 29.1 Å². The van der Waals surface area contributed by atoms with Gasteiger partial charge in [0.05, 0.1) is 4.92 Å². The Bertz CT molecular complexity index is 1040. The van der Waals surface area contributed by atoms with Gasteiger partial charge in [-0.3, -0.25) is 20.2 Å². The summed E-state index contributed by atoms with van der Waals surface area (Å²) in [5, 5.41) is 20.8. The van der Waals surface area contributed by atoms with Crippen LogP contribution in [0, 0.1) is 10.1 Å². The average Bonchev–Trinajstić information content (AvgIpc) is 3.15. The molecular weight excluding hydrogens is 392 g/mol. The number of carbonyl (C=O) groups excluding carboxylic acids is 2. The van der Waals surface area contributed by atoms with E-state index >= 15 is 0 Å². The second kappa shape index (κ2) is 8.27. The van der Waals surface area contributed by atoms with Crippen LogP contribution in [-0.4, -0.2) is 33.6 Å². The van der Waals surface area contributed by atoms with E-state index in [1.165, 1.54) is 6.07 Å². The minimum Gasteiger partial charge on any atom is -0.452 e. The summed E-state index contributed by atoms with van der Waals surface area (Å²) >= 11 is 5.69. The van der Waals surface area contributed by atoms with E-state index in [1.54, 1.807) is 24.3 Å². The predicted octanol–water partition coefficient (Wildman–Crippen LogP) is 3.09. The Morgan fingerprint density at radius 2 is 1.93 bits per heavy atom. The highest BCUT2D eigenvalue weighted by Gasteiger charge is 2.23. The average molecular weight is 403 g/mol. The number of aromatic nitrogens is 2. The first kappa shape index (κ1) is 19.0. The Morgan fingerprint density at radius 1 is 1.18 bits per heavy atom. The van der Waals surface area contributed by atoms with Gasteiger partial charge in [0, 0.05) is 16.7 Å². The zero-order valence-electron chi connectivity index (χ0n) is 14.0. The van der Waals surface area contributed by atoms with E-state index in [4.69, 9.17) is 20.8 Å². The molecule has 0 radical (unpaired) electrons. The van der Waals surface area contributed by atoms with Crippen LogP contribution in [-0.2, 0) is 9.53 Å². The summed E-state index contributed by atoms with van der Waals surface area (Å²) in [6.45, 7) is -0.707. The van der Waals surface area contributed by atoms with Crippen LogP contribution in [0.3, 0.4) is 0 Å². The molecule has 0 saturated heterocycles. The van der Waals surface area contributed by atoms with Crippen LogP contribution in [0.4, 0.5) is 11.7 Å².